The largest absolute Gasteiger partial charge is 1.00 e. The molecule has 3 heterocycles. The number of fused-ring (bicyclic) bond motifs is 6. The topological polar surface area (TPSA) is 230 Å². The van der Waals surface area contributed by atoms with Gasteiger partial charge in [0, 0.05) is 100 Å². The molecule has 9 aromatic carbocycles. The average Bonchev–Trinajstić information content (AvgIpc) is 0.808. The zero-order chi connectivity index (χ0) is 63.1. The van der Waals surface area contributed by atoms with E-state index in [9.17, 15) is 35.3 Å². The van der Waals surface area contributed by atoms with E-state index in [2.05, 4.69) is 90.7 Å². The van der Waals surface area contributed by atoms with Crippen molar-refractivity contribution in [1.29, 1.82) is 15.8 Å². The van der Waals surface area contributed by atoms with Crippen LogP contribution < -0.4 is 18.9 Å². The third-order valence-electron chi connectivity index (χ3n) is 14.4. The number of nitrogens with zero attached hydrogens (tertiary/aromatic N) is 6. The molecule has 0 radical (unpaired) electrons. The van der Waals surface area contributed by atoms with E-state index in [-0.39, 0.29) is 46.8 Å². The normalized spacial score (nSPS) is 11.5. The molecule has 0 fully saturated rings. The molecule has 0 bridgehead atoms. The quantitative estimate of drug-likeness (QED) is 0.0501. The number of thiol groups is 1. The predicted molar refractivity (Wildman–Crippen MR) is 368 cm³/mol. The predicted octanol–water partition coefficient (Wildman–Crippen LogP) is 14.8. The summed E-state index contributed by atoms with van der Waals surface area (Å²) in [7, 11) is 0. The van der Waals surface area contributed by atoms with Crippen molar-refractivity contribution in [1.82, 2.24) is 15.0 Å². The summed E-state index contributed by atoms with van der Waals surface area (Å²) in [4.78, 5) is 48.8. The summed E-state index contributed by atoms with van der Waals surface area (Å²) < 4.78 is 10.8. The van der Waals surface area contributed by atoms with E-state index >= 15 is 0 Å². The maximum Gasteiger partial charge on any atom is 1.00 e. The molecule has 3 aromatic heterocycles. The monoisotopic (exact) mass is 1310 g/mol. The minimum atomic E-state index is -0.835. The summed E-state index contributed by atoms with van der Waals surface area (Å²) in [6, 6.07) is 60.3. The van der Waals surface area contributed by atoms with Crippen molar-refractivity contribution in [2.75, 3.05) is 13.2 Å². The molecule has 91 heavy (non-hydrogen) atoms. The molecule has 13 nitrogen and oxygen atoms in total. The SMILES string of the molecule is CC(Sc1ccc2cncc(-c3ccc(C#N)c4ccccc34)c2c1)C(=O)O.CCOC(=O)C(C)S.CCOC(=O)C(C)Sc1ccc2cncc(-c3ccc(C#N)c4ccccc34)c2c1.N#Cc1ccc(-c2cncc3ccc(Br)cc23)c2ccccc12.[Li+].[OH-]. The van der Waals surface area contributed by atoms with Crippen LogP contribution in [0.25, 0.3) is 98.0 Å². The molecular weight excluding hydrogens is 1260 g/mol. The molecular formula is C73H58BrLiN6O7S3. The summed E-state index contributed by atoms with van der Waals surface area (Å²) in [5.74, 6) is -1.30. The van der Waals surface area contributed by atoms with E-state index in [4.69, 9.17) is 4.74 Å². The summed E-state index contributed by atoms with van der Waals surface area (Å²) in [5, 5.41) is 48.5. The standard InChI is InChI=1S/C25H20N2O2S.C23H16N2O2S.C20H11BrN2.C5H10O2S.Li.H2O/c1-3-29-25(28)16(2)30-19-10-8-18-14-27-15-24(23(18)12-19)22-11-9-17(13-26)20-6-4-5-7-21(20)22;1-14(23(26)27)28-17-8-6-16-12-25-13-22(21(16)10-17)20-9-7-15(11-24)18-4-2-3-5-19(18)20;21-15-7-5-14-11-23-12-20(19(14)9-15)18-8-6-13(10-22)16-3-1-2-4-17(16)18;1-3-7-5(6)4(2)8;;/h4-12,14-16H,3H2,1-2H3;2-10,12-14H,1H3,(H,26,27);1-9,11-12H;4,8H,3H2,1-2H3;;1H2/q;;;;+1;/p-1. The fraction of sp³-hybridized carbons (Fsp3) is 0.137. The van der Waals surface area contributed by atoms with Gasteiger partial charge >= 0.3 is 36.8 Å². The Kier molecular flexibility index (Phi) is 24.9. The van der Waals surface area contributed by atoms with E-state index < -0.39 is 11.2 Å². The number of carboxylic acid groups (broad SMARTS) is 1. The first-order valence-corrected chi connectivity index (χ1v) is 31.4. The summed E-state index contributed by atoms with van der Waals surface area (Å²) in [6.45, 7) is 9.61. The van der Waals surface area contributed by atoms with Crippen LogP contribution in [0.4, 0.5) is 0 Å². The molecule has 18 heteroatoms. The van der Waals surface area contributed by atoms with Crippen LogP contribution in [0.3, 0.4) is 0 Å². The van der Waals surface area contributed by atoms with Crippen molar-refractivity contribution < 1.29 is 53.3 Å². The number of hydrogen-bond donors (Lipinski definition) is 2. The van der Waals surface area contributed by atoms with Gasteiger partial charge in [0.05, 0.1) is 53.4 Å². The van der Waals surface area contributed by atoms with Crippen molar-refractivity contribution in [3.8, 4) is 51.6 Å². The second-order valence-corrected chi connectivity index (χ2v) is 24.7. The molecule has 0 spiro atoms. The smallest absolute Gasteiger partial charge is 0.870 e. The van der Waals surface area contributed by atoms with Gasteiger partial charge in [-0.15, -0.1) is 23.5 Å². The van der Waals surface area contributed by atoms with Gasteiger partial charge in [0.15, 0.2) is 0 Å². The Morgan fingerprint density at radius 2 is 0.813 bits per heavy atom. The third kappa shape index (κ3) is 16.3. The average molecular weight is 1310 g/mol. The number of hydrogen-bond acceptors (Lipinski definition) is 15. The first kappa shape index (κ1) is 69.4. The van der Waals surface area contributed by atoms with Crippen LogP contribution in [0.2, 0.25) is 0 Å². The van der Waals surface area contributed by atoms with E-state index in [1.165, 1.54) is 23.5 Å². The molecule has 3 unspecified atom stereocenters. The van der Waals surface area contributed by atoms with Gasteiger partial charge in [-0.2, -0.15) is 28.4 Å². The second-order valence-electron chi connectivity index (χ2n) is 20.2. The minimum absolute atomic E-state index is 0. The number of aromatic nitrogens is 3. The van der Waals surface area contributed by atoms with Crippen LogP contribution in [0, 0.1) is 34.0 Å². The van der Waals surface area contributed by atoms with Gasteiger partial charge in [0.2, 0.25) is 0 Å². The van der Waals surface area contributed by atoms with Crippen molar-refractivity contribution in [2.45, 2.75) is 60.2 Å². The van der Waals surface area contributed by atoms with Crippen molar-refractivity contribution >= 4 is 135 Å². The number of pyridine rings is 3. The van der Waals surface area contributed by atoms with E-state index in [1.807, 2.05) is 184 Å². The molecule has 0 saturated carbocycles. The number of carbonyl (C=O) groups excluding carboxylic acids is 2. The number of carbonyl (C=O) groups is 3. The maximum atomic E-state index is 12.0. The number of carboxylic acids is 1. The van der Waals surface area contributed by atoms with Gasteiger partial charge in [0.1, 0.15) is 10.5 Å². The Hall–Kier alpha value is -9.04. The van der Waals surface area contributed by atoms with Crippen LogP contribution in [-0.2, 0) is 23.9 Å². The Bertz CT molecular complexity index is 4800. The number of benzene rings is 9. The van der Waals surface area contributed by atoms with Crippen molar-refractivity contribution in [3.05, 3.63) is 222 Å². The number of aliphatic carboxylic acids is 1. The molecule has 0 aliphatic rings. The van der Waals surface area contributed by atoms with E-state index in [0.717, 1.165) is 112 Å². The number of halogens is 1. The van der Waals surface area contributed by atoms with Crippen molar-refractivity contribution in [3.63, 3.8) is 0 Å². The third-order valence-corrected chi connectivity index (χ3v) is 17.3. The molecule has 448 valence electrons. The van der Waals surface area contributed by atoms with Crippen LogP contribution in [0.15, 0.2) is 215 Å². The molecule has 12 aromatic rings. The Morgan fingerprint density at radius 1 is 0.473 bits per heavy atom. The maximum absolute atomic E-state index is 12.0. The number of rotatable bonds is 12. The minimum Gasteiger partial charge on any atom is -0.870 e. The fourth-order valence-electron chi connectivity index (χ4n) is 10.1. The van der Waals surface area contributed by atoms with Gasteiger partial charge in [-0.1, -0.05) is 125 Å². The summed E-state index contributed by atoms with van der Waals surface area (Å²) in [5.41, 5.74) is 8.15. The molecule has 2 N–H and O–H groups in total. The zero-order valence-electron chi connectivity index (χ0n) is 50.5. The van der Waals surface area contributed by atoms with Crippen LogP contribution in [0.5, 0.6) is 0 Å². The Morgan fingerprint density at radius 3 is 1.15 bits per heavy atom. The van der Waals surface area contributed by atoms with E-state index in [0.29, 0.717) is 29.9 Å². The molecule has 0 aliphatic carbocycles. The van der Waals surface area contributed by atoms with Gasteiger partial charge in [-0.25, -0.2) is 0 Å². The van der Waals surface area contributed by atoms with Crippen LogP contribution in [-0.4, -0.2) is 72.4 Å². The van der Waals surface area contributed by atoms with E-state index in [1.54, 1.807) is 27.0 Å². The first-order valence-electron chi connectivity index (χ1n) is 28.3. The fourth-order valence-corrected chi connectivity index (χ4v) is 12.3. The summed E-state index contributed by atoms with van der Waals surface area (Å²) in [6.07, 6.45) is 11.1. The number of esters is 2. The Labute approximate surface area is 561 Å². The zero-order valence-corrected chi connectivity index (χ0v) is 54.6. The molecule has 3 atom stereocenters. The van der Waals surface area contributed by atoms with Gasteiger partial charge in [-0.3, -0.25) is 29.3 Å². The van der Waals surface area contributed by atoms with Gasteiger partial charge in [0.25, 0.3) is 0 Å². The number of nitriles is 3. The first-order chi connectivity index (χ1) is 43.2. The number of thioether (sulfide) groups is 2. The van der Waals surface area contributed by atoms with Crippen molar-refractivity contribution in [2.24, 2.45) is 0 Å². The molecule has 12 rings (SSSR count). The second kappa shape index (κ2) is 32.6. The molecule has 0 aliphatic heterocycles. The molecule has 0 saturated heterocycles. The Balaban J connectivity index is 0.000000182. The molecule has 0 amide bonds. The summed E-state index contributed by atoms with van der Waals surface area (Å²) >= 11 is 10.2. The number of ether oxygens (including phenoxy) is 2. The van der Waals surface area contributed by atoms with Gasteiger partial charge < -0.3 is 20.1 Å². The van der Waals surface area contributed by atoms with Crippen LogP contribution >= 0.6 is 52.1 Å². The van der Waals surface area contributed by atoms with Crippen LogP contribution in [0.1, 0.15) is 51.3 Å². The van der Waals surface area contributed by atoms with Gasteiger partial charge in [-0.05, 0) is 138 Å².